The van der Waals surface area contributed by atoms with Gasteiger partial charge in [0, 0.05) is 5.56 Å². The van der Waals surface area contributed by atoms with E-state index in [2.05, 4.69) is 0 Å². The molecule has 0 aliphatic heterocycles. The van der Waals surface area contributed by atoms with E-state index < -0.39 is 12.1 Å². The lowest BCUT2D eigenvalue weighted by Gasteiger charge is -2.17. The molecule has 98 valence electrons. The summed E-state index contributed by atoms with van der Waals surface area (Å²) < 4.78 is 10.3. The van der Waals surface area contributed by atoms with E-state index in [-0.39, 0.29) is 22.9 Å². The zero-order chi connectivity index (χ0) is 13.7. The van der Waals surface area contributed by atoms with Gasteiger partial charge in [-0.2, -0.15) is 0 Å². The predicted octanol–water partition coefficient (Wildman–Crippen LogP) is 2.40. The summed E-state index contributed by atoms with van der Waals surface area (Å²) in [4.78, 5) is 21.6. The first-order valence-electron chi connectivity index (χ1n) is 5.25. The zero-order valence-corrected chi connectivity index (χ0v) is 10.7. The first-order valence-corrected chi connectivity index (χ1v) is 5.63. The van der Waals surface area contributed by atoms with Gasteiger partial charge in [-0.25, -0.2) is 4.79 Å². The number of hydrogen-bond donors (Lipinski definition) is 1. The molecule has 5 nitrogen and oxygen atoms in total. The van der Waals surface area contributed by atoms with Gasteiger partial charge in [0.15, 0.2) is 17.6 Å². The van der Waals surface area contributed by atoms with E-state index in [9.17, 15) is 9.59 Å². The highest BCUT2D eigenvalue weighted by atomic mass is 35.5. The minimum Gasteiger partial charge on any atom is -0.493 e. The standard InChI is InChI=1S/C12H13ClO5/c1-3-9(12(15)16)18-11-8(13)4-7(6-14)5-10(11)17-2/h4-6,9H,3H2,1-2H3,(H,15,16). The second-order valence-electron chi connectivity index (χ2n) is 3.50. The highest BCUT2D eigenvalue weighted by molar-refractivity contribution is 6.32. The van der Waals surface area contributed by atoms with E-state index in [0.717, 1.165) is 0 Å². The van der Waals surface area contributed by atoms with Crippen molar-refractivity contribution in [2.24, 2.45) is 0 Å². The van der Waals surface area contributed by atoms with Crippen molar-refractivity contribution in [1.82, 2.24) is 0 Å². The molecule has 18 heavy (non-hydrogen) atoms. The second-order valence-corrected chi connectivity index (χ2v) is 3.91. The Kier molecular flexibility index (Phi) is 4.97. The lowest BCUT2D eigenvalue weighted by atomic mass is 10.2. The van der Waals surface area contributed by atoms with Crippen molar-refractivity contribution in [2.45, 2.75) is 19.4 Å². The molecule has 0 aromatic heterocycles. The SMILES string of the molecule is CCC(Oc1c(Cl)cc(C=O)cc1OC)C(=O)O. The zero-order valence-electron chi connectivity index (χ0n) is 9.97. The monoisotopic (exact) mass is 272 g/mol. The Morgan fingerprint density at radius 1 is 1.56 bits per heavy atom. The van der Waals surface area contributed by atoms with Gasteiger partial charge in [0.25, 0.3) is 0 Å². The fourth-order valence-electron chi connectivity index (χ4n) is 1.37. The lowest BCUT2D eigenvalue weighted by Crippen LogP contribution is -2.26. The quantitative estimate of drug-likeness (QED) is 0.805. The predicted molar refractivity (Wildman–Crippen MR) is 65.7 cm³/mol. The Balaban J connectivity index is 3.14. The molecule has 1 unspecified atom stereocenters. The van der Waals surface area contributed by atoms with Crippen LogP contribution in [0.1, 0.15) is 23.7 Å². The van der Waals surface area contributed by atoms with Gasteiger partial charge >= 0.3 is 5.97 Å². The van der Waals surface area contributed by atoms with E-state index in [1.54, 1.807) is 6.92 Å². The molecule has 0 spiro atoms. The van der Waals surface area contributed by atoms with Gasteiger partial charge in [0.05, 0.1) is 12.1 Å². The maximum atomic E-state index is 10.9. The first-order chi connectivity index (χ1) is 8.53. The van der Waals surface area contributed by atoms with E-state index in [1.165, 1.54) is 19.2 Å². The highest BCUT2D eigenvalue weighted by Crippen LogP contribution is 2.37. The Labute approximate surface area is 109 Å². The number of aldehydes is 1. The number of carbonyl (C=O) groups excluding carboxylic acids is 1. The second kappa shape index (κ2) is 6.26. The Morgan fingerprint density at radius 3 is 2.67 bits per heavy atom. The molecule has 0 radical (unpaired) electrons. The fourth-order valence-corrected chi connectivity index (χ4v) is 1.64. The highest BCUT2D eigenvalue weighted by Gasteiger charge is 2.21. The molecule has 0 saturated heterocycles. The smallest absolute Gasteiger partial charge is 0.344 e. The molecular weight excluding hydrogens is 260 g/mol. The topological polar surface area (TPSA) is 72.8 Å². The minimum absolute atomic E-state index is 0.124. The third kappa shape index (κ3) is 3.13. The Morgan fingerprint density at radius 2 is 2.22 bits per heavy atom. The largest absolute Gasteiger partial charge is 0.493 e. The average molecular weight is 273 g/mol. The maximum Gasteiger partial charge on any atom is 0.344 e. The molecule has 6 heteroatoms. The van der Waals surface area contributed by atoms with Gasteiger partial charge in [0.2, 0.25) is 0 Å². The number of carbonyl (C=O) groups is 2. The van der Waals surface area contributed by atoms with Crippen LogP contribution in [0.25, 0.3) is 0 Å². The van der Waals surface area contributed by atoms with Crippen molar-refractivity contribution >= 4 is 23.9 Å². The van der Waals surface area contributed by atoms with Crippen LogP contribution in [0.4, 0.5) is 0 Å². The third-order valence-corrected chi connectivity index (χ3v) is 2.57. The molecule has 1 rings (SSSR count). The van der Waals surface area contributed by atoms with Crippen LogP contribution in [0.3, 0.4) is 0 Å². The van der Waals surface area contributed by atoms with Crippen molar-refractivity contribution in [3.8, 4) is 11.5 Å². The number of methoxy groups -OCH3 is 1. The number of benzene rings is 1. The van der Waals surface area contributed by atoms with Crippen molar-refractivity contribution in [1.29, 1.82) is 0 Å². The van der Waals surface area contributed by atoms with Gasteiger partial charge < -0.3 is 14.6 Å². The lowest BCUT2D eigenvalue weighted by molar-refractivity contribution is -0.145. The van der Waals surface area contributed by atoms with Gasteiger partial charge in [-0.1, -0.05) is 18.5 Å². The maximum absolute atomic E-state index is 10.9. The summed E-state index contributed by atoms with van der Waals surface area (Å²) in [7, 11) is 1.38. The van der Waals surface area contributed by atoms with Crippen LogP contribution in [0, 0.1) is 0 Å². The number of hydrogen-bond acceptors (Lipinski definition) is 4. The van der Waals surface area contributed by atoms with Crippen LogP contribution in [0.2, 0.25) is 5.02 Å². The minimum atomic E-state index is -1.09. The average Bonchev–Trinajstić information content (AvgIpc) is 2.35. The normalized spacial score (nSPS) is 11.7. The Hall–Kier alpha value is -1.75. The van der Waals surface area contributed by atoms with Crippen molar-refractivity contribution in [3.63, 3.8) is 0 Å². The molecule has 0 fully saturated rings. The number of aliphatic carboxylic acids is 1. The van der Waals surface area contributed by atoms with Crippen molar-refractivity contribution in [3.05, 3.63) is 22.7 Å². The van der Waals surface area contributed by atoms with Crippen LogP contribution in [0.15, 0.2) is 12.1 Å². The number of carboxylic acid groups (broad SMARTS) is 1. The molecule has 0 saturated carbocycles. The summed E-state index contributed by atoms with van der Waals surface area (Å²) in [6.07, 6.45) is -0.116. The molecule has 1 aromatic rings. The van der Waals surface area contributed by atoms with Crippen LogP contribution in [-0.4, -0.2) is 30.6 Å². The van der Waals surface area contributed by atoms with Crippen LogP contribution in [0.5, 0.6) is 11.5 Å². The van der Waals surface area contributed by atoms with E-state index >= 15 is 0 Å². The molecular formula is C12H13ClO5. The molecule has 0 heterocycles. The Bertz CT molecular complexity index is 458. The molecule has 1 aromatic carbocycles. The van der Waals surface area contributed by atoms with Crippen LogP contribution >= 0.6 is 11.6 Å². The van der Waals surface area contributed by atoms with Gasteiger partial charge in [-0.15, -0.1) is 0 Å². The van der Waals surface area contributed by atoms with E-state index in [4.69, 9.17) is 26.2 Å². The van der Waals surface area contributed by atoms with E-state index in [1.807, 2.05) is 0 Å². The summed E-state index contributed by atoms with van der Waals surface area (Å²) in [5, 5.41) is 9.06. The number of ether oxygens (including phenoxy) is 2. The van der Waals surface area contributed by atoms with E-state index in [0.29, 0.717) is 11.8 Å². The summed E-state index contributed by atoms with van der Waals surface area (Å²) >= 11 is 5.94. The van der Waals surface area contributed by atoms with Gasteiger partial charge in [-0.3, -0.25) is 4.79 Å². The fraction of sp³-hybridized carbons (Fsp3) is 0.333. The van der Waals surface area contributed by atoms with Crippen LogP contribution < -0.4 is 9.47 Å². The van der Waals surface area contributed by atoms with Crippen molar-refractivity contribution < 1.29 is 24.2 Å². The van der Waals surface area contributed by atoms with Crippen molar-refractivity contribution in [2.75, 3.05) is 7.11 Å². The molecule has 1 atom stereocenters. The third-order valence-electron chi connectivity index (χ3n) is 2.29. The summed E-state index contributed by atoms with van der Waals surface area (Å²) in [6, 6.07) is 2.82. The van der Waals surface area contributed by atoms with Crippen LogP contribution in [-0.2, 0) is 4.79 Å². The summed E-state index contributed by atoms with van der Waals surface area (Å²) in [5.74, 6) is -0.738. The number of carboxylic acids is 1. The number of rotatable bonds is 6. The summed E-state index contributed by atoms with van der Waals surface area (Å²) in [6.45, 7) is 1.68. The van der Waals surface area contributed by atoms with Gasteiger partial charge in [0.1, 0.15) is 6.29 Å². The number of halogens is 1. The molecule has 0 amide bonds. The summed E-state index contributed by atoms with van der Waals surface area (Å²) in [5.41, 5.74) is 0.326. The molecule has 0 aliphatic carbocycles. The molecule has 1 N–H and O–H groups in total. The molecule has 0 bridgehead atoms. The molecule has 0 aliphatic rings. The first kappa shape index (κ1) is 14.3. The van der Waals surface area contributed by atoms with Gasteiger partial charge in [-0.05, 0) is 18.6 Å².